The lowest BCUT2D eigenvalue weighted by Gasteiger charge is -2.32. The fourth-order valence-corrected chi connectivity index (χ4v) is 3.46. The van der Waals surface area contributed by atoms with E-state index in [1.165, 1.54) is 23.3 Å². The van der Waals surface area contributed by atoms with Crippen molar-refractivity contribution in [2.75, 3.05) is 27.8 Å². The molecule has 1 aliphatic heterocycles. The van der Waals surface area contributed by atoms with Crippen LogP contribution < -0.4 is 9.47 Å². The molecular weight excluding hydrogens is 366 g/mol. The summed E-state index contributed by atoms with van der Waals surface area (Å²) in [6.45, 7) is 5.17. The predicted molar refractivity (Wildman–Crippen MR) is 105 cm³/mol. The molecule has 2 aromatic rings. The van der Waals surface area contributed by atoms with Crippen molar-refractivity contribution in [1.82, 2.24) is 4.90 Å². The van der Waals surface area contributed by atoms with Crippen LogP contribution in [0.1, 0.15) is 29.7 Å². The van der Waals surface area contributed by atoms with Gasteiger partial charge in [-0.3, -0.25) is 9.45 Å². The molecule has 1 N–H and O–H groups in total. The lowest BCUT2D eigenvalue weighted by Crippen LogP contribution is -2.30. The second-order valence-corrected chi connectivity index (χ2v) is 8.02. The molecule has 1 heterocycles. The number of fused-ring (bicyclic) bond motifs is 1. The van der Waals surface area contributed by atoms with E-state index in [1.54, 1.807) is 26.4 Å². The van der Waals surface area contributed by atoms with Gasteiger partial charge >= 0.3 is 0 Å². The average molecular weight is 394 g/mol. The highest BCUT2D eigenvalue weighted by Crippen LogP contribution is 2.37. The van der Waals surface area contributed by atoms with Gasteiger partial charge in [-0.25, -0.2) is 0 Å². The SMILES string of the molecule is COc1cc2c(cc1OC)C(C)N(C)CC2.Cc1ccc(S(=O)(=O)O)cc1. The summed E-state index contributed by atoms with van der Waals surface area (Å²) in [5, 5.41) is 0. The molecule has 1 unspecified atom stereocenters. The first kappa shape index (κ1) is 21.2. The number of ether oxygens (including phenoxy) is 2. The van der Waals surface area contributed by atoms with Crippen LogP contribution in [0.15, 0.2) is 41.3 Å². The predicted octanol–water partition coefficient (Wildman–Crippen LogP) is 3.49. The monoisotopic (exact) mass is 393 g/mol. The molecule has 0 radical (unpaired) electrons. The van der Waals surface area contributed by atoms with Crippen molar-refractivity contribution in [1.29, 1.82) is 0 Å². The lowest BCUT2D eigenvalue weighted by atomic mass is 9.93. The second-order valence-electron chi connectivity index (χ2n) is 6.60. The molecule has 1 aliphatic rings. The minimum atomic E-state index is -4.02. The Hall–Kier alpha value is -2.09. The van der Waals surface area contributed by atoms with Crippen LogP contribution in [0, 0.1) is 6.92 Å². The van der Waals surface area contributed by atoms with Crippen molar-refractivity contribution < 1.29 is 22.4 Å². The van der Waals surface area contributed by atoms with E-state index in [9.17, 15) is 8.42 Å². The summed E-state index contributed by atoms with van der Waals surface area (Å²) in [6.07, 6.45) is 1.08. The van der Waals surface area contributed by atoms with Gasteiger partial charge in [0.2, 0.25) is 0 Å². The van der Waals surface area contributed by atoms with Crippen molar-refractivity contribution in [3.8, 4) is 11.5 Å². The molecule has 2 aromatic carbocycles. The minimum absolute atomic E-state index is 0.0666. The summed E-state index contributed by atoms with van der Waals surface area (Å²) in [5.41, 5.74) is 3.69. The molecule has 1 atom stereocenters. The van der Waals surface area contributed by atoms with Crippen LogP contribution in [0.25, 0.3) is 0 Å². The van der Waals surface area contributed by atoms with E-state index in [4.69, 9.17) is 14.0 Å². The first-order valence-corrected chi connectivity index (χ1v) is 10.1. The van der Waals surface area contributed by atoms with Crippen molar-refractivity contribution >= 4 is 10.1 Å². The normalized spacial score (nSPS) is 16.7. The maximum atomic E-state index is 10.5. The summed E-state index contributed by atoms with van der Waals surface area (Å²) >= 11 is 0. The zero-order chi connectivity index (χ0) is 20.2. The number of rotatable bonds is 3. The number of aryl methyl sites for hydroxylation is 1. The third kappa shape index (κ3) is 5.22. The standard InChI is InChI=1S/C13H19NO2.C7H8O3S/c1-9-11-8-13(16-4)12(15-3)7-10(11)5-6-14(9)2;1-6-2-4-7(5-3-6)11(8,9)10/h7-9H,5-6H2,1-4H3;2-5H,1H3,(H,8,9,10). The maximum Gasteiger partial charge on any atom is 0.294 e. The van der Waals surface area contributed by atoms with Crippen LogP contribution in [0.5, 0.6) is 11.5 Å². The molecule has 0 fully saturated rings. The first-order valence-electron chi connectivity index (χ1n) is 8.66. The van der Waals surface area contributed by atoms with E-state index in [1.807, 2.05) is 6.92 Å². The van der Waals surface area contributed by atoms with Gasteiger partial charge in [0, 0.05) is 12.6 Å². The molecule has 7 heteroatoms. The van der Waals surface area contributed by atoms with Gasteiger partial charge in [-0.15, -0.1) is 0 Å². The average Bonchev–Trinajstić information content (AvgIpc) is 2.64. The number of hydrogen-bond acceptors (Lipinski definition) is 5. The van der Waals surface area contributed by atoms with Crippen molar-refractivity contribution in [2.45, 2.75) is 31.2 Å². The fourth-order valence-electron chi connectivity index (χ4n) is 2.98. The number of likely N-dealkylation sites (N-methyl/N-ethyl adjacent to an activating group) is 1. The smallest absolute Gasteiger partial charge is 0.294 e. The molecule has 27 heavy (non-hydrogen) atoms. The first-order chi connectivity index (χ1) is 12.7. The molecule has 0 saturated carbocycles. The van der Waals surface area contributed by atoms with Gasteiger partial charge in [0.1, 0.15) is 0 Å². The molecule has 6 nitrogen and oxygen atoms in total. The molecule has 0 aromatic heterocycles. The summed E-state index contributed by atoms with van der Waals surface area (Å²) in [5.74, 6) is 1.65. The van der Waals surface area contributed by atoms with Crippen molar-refractivity contribution in [3.63, 3.8) is 0 Å². The van der Waals surface area contributed by atoms with E-state index in [0.29, 0.717) is 6.04 Å². The van der Waals surface area contributed by atoms with Gasteiger partial charge in [-0.1, -0.05) is 17.7 Å². The Kier molecular flexibility index (Phi) is 6.86. The van der Waals surface area contributed by atoms with Crippen LogP contribution in [0.2, 0.25) is 0 Å². The summed E-state index contributed by atoms with van der Waals surface area (Å²) in [4.78, 5) is 2.29. The highest BCUT2D eigenvalue weighted by atomic mass is 32.2. The Morgan fingerprint density at radius 3 is 2.15 bits per heavy atom. The Morgan fingerprint density at radius 1 is 1.07 bits per heavy atom. The largest absolute Gasteiger partial charge is 0.493 e. The highest BCUT2D eigenvalue weighted by Gasteiger charge is 2.23. The van der Waals surface area contributed by atoms with Gasteiger partial charge in [0.25, 0.3) is 10.1 Å². The molecule has 0 amide bonds. The summed E-state index contributed by atoms with van der Waals surface area (Å²) in [7, 11) is 1.50. The fraction of sp³-hybridized carbons (Fsp3) is 0.400. The van der Waals surface area contributed by atoms with Crippen LogP contribution >= 0.6 is 0 Å². The third-order valence-corrected chi connectivity index (χ3v) is 5.68. The lowest BCUT2D eigenvalue weighted by molar-refractivity contribution is 0.245. The van der Waals surface area contributed by atoms with Gasteiger partial charge < -0.3 is 9.47 Å². The molecule has 3 rings (SSSR count). The second kappa shape index (κ2) is 8.73. The third-order valence-electron chi connectivity index (χ3n) is 4.81. The highest BCUT2D eigenvalue weighted by molar-refractivity contribution is 7.85. The number of nitrogens with zero attached hydrogens (tertiary/aromatic N) is 1. The molecule has 0 saturated heterocycles. The molecule has 0 bridgehead atoms. The maximum absolute atomic E-state index is 10.5. The Morgan fingerprint density at radius 2 is 1.63 bits per heavy atom. The van der Waals surface area contributed by atoms with Gasteiger partial charge in [0.05, 0.1) is 19.1 Å². The van der Waals surface area contributed by atoms with Crippen LogP contribution in [0.4, 0.5) is 0 Å². The van der Waals surface area contributed by atoms with Crippen LogP contribution in [-0.4, -0.2) is 45.7 Å². The van der Waals surface area contributed by atoms with Crippen molar-refractivity contribution in [2.24, 2.45) is 0 Å². The van der Waals surface area contributed by atoms with E-state index in [-0.39, 0.29) is 4.90 Å². The molecule has 148 valence electrons. The van der Waals surface area contributed by atoms with Gasteiger partial charge in [-0.05, 0) is 62.7 Å². The molecule has 0 spiro atoms. The van der Waals surface area contributed by atoms with E-state index >= 15 is 0 Å². The summed E-state index contributed by atoms with van der Waals surface area (Å²) < 4.78 is 40.2. The number of benzene rings is 2. The zero-order valence-electron chi connectivity index (χ0n) is 16.4. The van der Waals surface area contributed by atoms with Gasteiger partial charge in [0.15, 0.2) is 11.5 Å². The van der Waals surface area contributed by atoms with E-state index < -0.39 is 10.1 Å². The van der Waals surface area contributed by atoms with Crippen molar-refractivity contribution in [3.05, 3.63) is 53.1 Å². The minimum Gasteiger partial charge on any atom is -0.493 e. The van der Waals surface area contributed by atoms with E-state index in [2.05, 4.69) is 31.0 Å². The Labute approximate surface area is 161 Å². The Bertz CT molecular complexity index is 878. The van der Waals surface area contributed by atoms with Crippen LogP contribution in [0.3, 0.4) is 0 Å². The molecular formula is C20H27NO5S. The number of hydrogen-bond donors (Lipinski definition) is 1. The quantitative estimate of drug-likeness (QED) is 0.805. The topological polar surface area (TPSA) is 76.1 Å². The summed E-state index contributed by atoms with van der Waals surface area (Å²) in [6, 6.07) is 10.6. The number of methoxy groups -OCH3 is 2. The Balaban J connectivity index is 0.000000208. The zero-order valence-corrected chi connectivity index (χ0v) is 17.2. The van der Waals surface area contributed by atoms with Gasteiger partial charge in [-0.2, -0.15) is 8.42 Å². The van der Waals surface area contributed by atoms with Crippen LogP contribution in [-0.2, 0) is 16.5 Å². The molecule has 0 aliphatic carbocycles. The van der Waals surface area contributed by atoms with E-state index in [0.717, 1.165) is 30.0 Å².